The highest BCUT2D eigenvalue weighted by atomic mass is 15.1. The second-order valence-electron chi connectivity index (χ2n) is 14.9. The van der Waals surface area contributed by atoms with Crippen LogP contribution in [0.1, 0.15) is 90.5 Å². The van der Waals surface area contributed by atoms with Crippen LogP contribution in [0.2, 0.25) is 0 Å². The lowest BCUT2D eigenvalue weighted by molar-refractivity contribution is 0.130. The quantitative estimate of drug-likeness (QED) is 0.192. The first-order chi connectivity index (χ1) is 23.1. The van der Waals surface area contributed by atoms with Gasteiger partial charge in [-0.15, -0.1) is 0 Å². The van der Waals surface area contributed by atoms with Gasteiger partial charge in [0.2, 0.25) is 0 Å². The van der Waals surface area contributed by atoms with Gasteiger partial charge in [-0.2, -0.15) is 5.26 Å². The van der Waals surface area contributed by atoms with E-state index in [-0.39, 0.29) is 11.3 Å². The zero-order valence-electron chi connectivity index (χ0n) is 30.4. The minimum Gasteiger partial charge on any atom is -0.299 e. The standard InChI is InChI=1S/C23H28N2.C22H29N/c1-18-13-19(2)15-22(14-18)23(20(3)16-24)9-11-25(12-10-23)17-21-7-5-4-6-8-21;1-4-22(21-15-18(2)14-19(3)16-21)10-12-23(13-11-22)17-20-8-6-5-7-9-20/h4-8,13-15,20H,9-12,17H2,1-3H3;5-9,14-16H,4,10-13,17H2,1-3H3. The van der Waals surface area contributed by atoms with E-state index >= 15 is 0 Å². The second-order valence-corrected chi connectivity index (χ2v) is 14.9. The normalized spacial score (nSPS) is 18.3. The maximum atomic E-state index is 9.69. The van der Waals surface area contributed by atoms with Gasteiger partial charge in [-0.05, 0) is 121 Å². The van der Waals surface area contributed by atoms with Crippen molar-refractivity contribution < 1.29 is 0 Å². The van der Waals surface area contributed by atoms with Crippen LogP contribution in [0.25, 0.3) is 0 Å². The molecule has 4 aromatic carbocycles. The summed E-state index contributed by atoms with van der Waals surface area (Å²) in [6, 6.07) is 38.1. The first-order valence-electron chi connectivity index (χ1n) is 18.2. The van der Waals surface area contributed by atoms with E-state index in [0.29, 0.717) is 5.41 Å². The van der Waals surface area contributed by atoms with Gasteiger partial charge in [0.15, 0.2) is 0 Å². The van der Waals surface area contributed by atoms with Gasteiger partial charge in [0.25, 0.3) is 0 Å². The molecule has 2 fully saturated rings. The van der Waals surface area contributed by atoms with E-state index in [1.165, 1.54) is 71.3 Å². The van der Waals surface area contributed by atoms with Crippen molar-refractivity contribution in [3.05, 3.63) is 142 Å². The summed E-state index contributed by atoms with van der Waals surface area (Å²) in [6.07, 6.45) is 5.91. The van der Waals surface area contributed by atoms with Crippen LogP contribution in [0.4, 0.5) is 0 Å². The molecule has 2 saturated heterocycles. The lowest BCUT2D eigenvalue weighted by Crippen LogP contribution is -2.45. The number of hydrogen-bond acceptors (Lipinski definition) is 3. The molecule has 6 rings (SSSR count). The maximum absolute atomic E-state index is 9.69. The van der Waals surface area contributed by atoms with Crippen molar-refractivity contribution in [2.45, 2.75) is 97.6 Å². The van der Waals surface area contributed by atoms with Gasteiger partial charge in [-0.3, -0.25) is 9.80 Å². The van der Waals surface area contributed by atoms with Gasteiger partial charge >= 0.3 is 0 Å². The highest BCUT2D eigenvalue weighted by Gasteiger charge is 2.41. The summed E-state index contributed by atoms with van der Waals surface area (Å²) in [4.78, 5) is 5.15. The Bertz CT molecular complexity index is 1590. The number of nitriles is 1. The van der Waals surface area contributed by atoms with E-state index in [1.54, 1.807) is 5.56 Å². The van der Waals surface area contributed by atoms with Crippen molar-refractivity contribution in [3.63, 3.8) is 0 Å². The average molecular weight is 640 g/mol. The van der Waals surface area contributed by atoms with Gasteiger partial charge < -0.3 is 0 Å². The molecule has 2 heterocycles. The minimum absolute atomic E-state index is 0.0152. The summed E-state index contributed by atoms with van der Waals surface area (Å²) < 4.78 is 0. The molecule has 0 amide bonds. The van der Waals surface area contributed by atoms with E-state index in [0.717, 1.165) is 39.0 Å². The SMILES string of the molecule is CCC1(c2cc(C)cc(C)c2)CCN(Cc2ccccc2)CC1.Cc1cc(C)cc(C2(C(C)C#N)CCN(Cc3ccccc3)CC2)c1. The fraction of sp³-hybridized carbons (Fsp3) is 0.444. The average Bonchev–Trinajstić information content (AvgIpc) is 3.09. The van der Waals surface area contributed by atoms with Crippen LogP contribution in [0.3, 0.4) is 0 Å². The number of rotatable bonds is 8. The third-order valence-electron chi connectivity index (χ3n) is 11.4. The molecular formula is C45H57N3. The molecule has 0 radical (unpaired) electrons. The Hall–Kier alpha value is -3.71. The molecule has 3 nitrogen and oxygen atoms in total. The number of nitrogens with zero attached hydrogens (tertiary/aromatic N) is 3. The molecule has 0 saturated carbocycles. The van der Waals surface area contributed by atoms with Crippen molar-refractivity contribution in [1.29, 1.82) is 5.26 Å². The highest BCUT2D eigenvalue weighted by molar-refractivity contribution is 5.37. The van der Waals surface area contributed by atoms with Gasteiger partial charge in [-0.25, -0.2) is 0 Å². The number of likely N-dealkylation sites (tertiary alicyclic amines) is 2. The van der Waals surface area contributed by atoms with Crippen molar-refractivity contribution in [1.82, 2.24) is 9.80 Å². The van der Waals surface area contributed by atoms with E-state index < -0.39 is 0 Å². The summed E-state index contributed by atoms with van der Waals surface area (Å²) in [5, 5.41) is 9.69. The molecule has 0 bridgehead atoms. The molecule has 2 aliphatic rings. The molecule has 4 aromatic rings. The highest BCUT2D eigenvalue weighted by Crippen LogP contribution is 2.43. The van der Waals surface area contributed by atoms with E-state index in [2.05, 4.69) is 154 Å². The molecule has 0 N–H and O–H groups in total. The second kappa shape index (κ2) is 16.1. The van der Waals surface area contributed by atoms with Crippen molar-refractivity contribution in [2.24, 2.45) is 5.92 Å². The molecule has 2 aliphatic heterocycles. The van der Waals surface area contributed by atoms with Crippen LogP contribution in [-0.2, 0) is 23.9 Å². The predicted molar refractivity (Wildman–Crippen MR) is 202 cm³/mol. The fourth-order valence-corrected chi connectivity index (χ4v) is 8.42. The van der Waals surface area contributed by atoms with E-state index in [1.807, 2.05) is 0 Å². The Balaban J connectivity index is 0.000000188. The van der Waals surface area contributed by atoms with Gasteiger partial charge in [0, 0.05) is 18.5 Å². The van der Waals surface area contributed by atoms with Gasteiger partial charge in [-0.1, -0.05) is 126 Å². The molecule has 48 heavy (non-hydrogen) atoms. The van der Waals surface area contributed by atoms with Gasteiger partial charge in [0.05, 0.1) is 12.0 Å². The third kappa shape index (κ3) is 8.65. The molecule has 0 spiro atoms. The number of hydrogen-bond donors (Lipinski definition) is 0. The van der Waals surface area contributed by atoms with E-state index in [4.69, 9.17) is 0 Å². The lowest BCUT2D eigenvalue weighted by Gasteiger charge is -2.44. The summed E-state index contributed by atoms with van der Waals surface area (Å²) >= 11 is 0. The third-order valence-corrected chi connectivity index (χ3v) is 11.4. The molecule has 1 atom stereocenters. The zero-order chi connectivity index (χ0) is 34.1. The number of benzene rings is 4. The molecule has 0 aromatic heterocycles. The topological polar surface area (TPSA) is 30.3 Å². The van der Waals surface area contributed by atoms with Crippen molar-refractivity contribution >= 4 is 0 Å². The Morgan fingerprint density at radius 3 is 1.40 bits per heavy atom. The zero-order valence-corrected chi connectivity index (χ0v) is 30.4. The monoisotopic (exact) mass is 639 g/mol. The first kappa shape index (κ1) is 35.6. The molecule has 0 aliphatic carbocycles. The van der Waals surface area contributed by atoms with Crippen LogP contribution in [0.5, 0.6) is 0 Å². The van der Waals surface area contributed by atoms with Crippen molar-refractivity contribution in [3.8, 4) is 6.07 Å². The molecule has 1 unspecified atom stereocenters. The molecular weight excluding hydrogens is 583 g/mol. The van der Waals surface area contributed by atoms with Crippen LogP contribution in [0.15, 0.2) is 97.1 Å². The Labute approximate surface area is 291 Å². The van der Waals surface area contributed by atoms with Gasteiger partial charge in [0.1, 0.15) is 0 Å². The number of piperidine rings is 2. The van der Waals surface area contributed by atoms with Crippen LogP contribution in [-0.4, -0.2) is 36.0 Å². The lowest BCUT2D eigenvalue weighted by atomic mass is 9.65. The van der Waals surface area contributed by atoms with Crippen LogP contribution in [0, 0.1) is 44.9 Å². The van der Waals surface area contributed by atoms with Crippen LogP contribution < -0.4 is 0 Å². The maximum Gasteiger partial charge on any atom is 0.0662 e. The van der Waals surface area contributed by atoms with Crippen LogP contribution >= 0.6 is 0 Å². The fourth-order valence-electron chi connectivity index (χ4n) is 8.42. The Morgan fingerprint density at radius 1 is 0.604 bits per heavy atom. The summed E-state index contributed by atoms with van der Waals surface area (Å²) in [5.41, 5.74) is 11.5. The number of aryl methyl sites for hydroxylation is 4. The minimum atomic E-state index is -0.0152. The first-order valence-corrected chi connectivity index (χ1v) is 18.2. The summed E-state index contributed by atoms with van der Waals surface area (Å²) in [7, 11) is 0. The Kier molecular flexibility index (Phi) is 12.0. The largest absolute Gasteiger partial charge is 0.299 e. The van der Waals surface area contributed by atoms with Crippen molar-refractivity contribution in [2.75, 3.05) is 26.2 Å². The molecule has 252 valence electrons. The summed E-state index contributed by atoms with van der Waals surface area (Å²) in [6.45, 7) is 19.8. The van der Waals surface area contributed by atoms with E-state index in [9.17, 15) is 5.26 Å². The smallest absolute Gasteiger partial charge is 0.0662 e. The molecule has 3 heteroatoms. The summed E-state index contributed by atoms with van der Waals surface area (Å²) in [5.74, 6) is 0.0348. The predicted octanol–water partition coefficient (Wildman–Crippen LogP) is 10.2. The Morgan fingerprint density at radius 2 is 1.00 bits per heavy atom.